The largest absolute Gasteiger partial charge is 0.457 e. The monoisotopic (exact) mass is 440 g/mol. The molecule has 2 amide bonds. The molecule has 2 heterocycles. The molecule has 0 N–H and O–H groups in total. The van der Waals surface area contributed by atoms with Gasteiger partial charge in [-0.15, -0.1) is 0 Å². The normalized spacial score (nSPS) is 16.1. The van der Waals surface area contributed by atoms with Crippen LogP contribution < -0.4 is 0 Å². The molecule has 1 fully saturated rings. The summed E-state index contributed by atoms with van der Waals surface area (Å²) in [5.41, 5.74) is 1.32. The Morgan fingerprint density at radius 2 is 1.81 bits per heavy atom. The number of hydrogen-bond donors (Lipinski definition) is 0. The van der Waals surface area contributed by atoms with Crippen molar-refractivity contribution in [1.29, 1.82) is 0 Å². The third-order valence-electron chi connectivity index (χ3n) is 5.32. The maximum absolute atomic E-state index is 13.4. The van der Waals surface area contributed by atoms with Crippen LogP contribution in [0.4, 0.5) is 0 Å². The predicted octanol–water partition coefficient (Wildman–Crippen LogP) is 1.77. The first-order chi connectivity index (χ1) is 15.3. The summed E-state index contributed by atoms with van der Waals surface area (Å²) < 4.78 is 10.4. The zero-order chi connectivity index (χ0) is 23.3. The molecule has 1 saturated heterocycles. The lowest BCUT2D eigenvalue weighted by atomic mass is 10.1. The molecule has 0 spiro atoms. The SMILES string of the molecule is COCC(=O)N1CCN(C(=O)c2nc(C)nc(C)c2C(=O)OCc2ccccc2)CC1C. The fourth-order valence-corrected chi connectivity index (χ4v) is 3.78. The molecule has 2 aromatic rings. The third kappa shape index (κ3) is 5.28. The predicted molar refractivity (Wildman–Crippen MR) is 116 cm³/mol. The van der Waals surface area contributed by atoms with Crippen LogP contribution in [0.2, 0.25) is 0 Å². The zero-order valence-corrected chi connectivity index (χ0v) is 18.8. The number of carbonyl (C=O) groups is 3. The van der Waals surface area contributed by atoms with Crippen LogP contribution >= 0.6 is 0 Å². The number of aromatic nitrogens is 2. The van der Waals surface area contributed by atoms with Crippen LogP contribution in [0.3, 0.4) is 0 Å². The van der Waals surface area contributed by atoms with Crippen molar-refractivity contribution in [1.82, 2.24) is 19.8 Å². The minimum atomic E-state index is -0.642. The lowest BCUT2D eigenvalue weighted by molar-refractivity contribution is -0.139. The first-order valence-corrected chi connectivity index (χ1v) is 10.5. The van der Waals surface area contributed by atoms with E-state index in [1.165, 1.54) is 7.11 Å². The molecule has 1 atom stereocenters. The van der Waals surface area contributed by atoms with Crippen molar-refractivity contribution in [2.45, 2.75) is 33.4 Å². The second-order valence-corrected chi connectivity index (χ2v) is 7.76. The summed E-state index contributed by atoms with van der Waals surface area (Å²) in [6.45, 7) is 6.33. The molecule has 3 rings (SSSR count). The summed E-state index contributed by atoms with van der Waals surface area (Å²) in [5.74, 6) is -0.744. The van der Waals surface area contributed by atoms with Crippen LogP contribution in [0.1, 0.15) is 44.9 Å². The maximum atomic E-state index is 13.4. The Morgan fingerprint density at radius 3 is 2.47 bits per heavy atom. The van der Waals surface area contributed by atoms with Crippen molar-refractivity contribution in [2.24, 2.45) is 0 Å². The van der Waals surface area contributed by atoms with E-state index in [1.807, 2.05) is 37.3 Å². The van der Waals surface area contributed by atoms with Gasteiger partial charge in [-0.1, -0.05) is 30.3 Å². The number of methoxy groups -OCH3 is 1. The molecule has 1 aliphatic rings. The highest BCUT2D eigenvalue weighted by molar-refractivity contribution is 6.04. The van der Waals surface area contributed by atoms with E-state index in [0.717, 1.165) is 5.56 Å². The molecule has 9 nitrogen and oxygen atoms in total. The number of aryl methyl sites for hydroxylation is 2. The highest BCUT2D eigenvalue weighted by atomic mass is 16.5. The summed E-state index contributed by atoms with van der Waals surface area (Å²) in [4.78, 5) is 50.3. The van der Waals surface area contributed by atoms with Gasteiger partial charge in [0.2, 0.25) is 5.91 Å². The van der Waals surface area contributed by atoms with Crippen LogP contribution in [-0.2, 0) is 20.9 Å². The molecule has 0 aliphatic carbocycles. The minimum absolute atomic E-state index is 0.0000107. The van der Waals surface area contributed by atoms with Crippen molar-refractivity contribution >= 4 is 17.8 Å². The van der Waals surface area contributed by atoms with Crippen molar-refractivity contribution in [3.05, 3.63) is 58.7 Å². The molecular weight excluding hydrogens is 412 g/mol. The first-order valence-electron chi connectivity index (χ1n) is 10.5. The Balaban J connectivity index is 1.79. The number of piperazine rings is 1. The van der Waals surface area contributed by atoms with Crippen molar-refractivity contribution in [3.63, 3.8) is 0 Å². The minimum Gasteiger partial charge on any atom is -0.457 e. The van der Waals surface area contributed by atoms with Gasteiger partial charge in [-0.3, -0.25) is 9.59 Å². The van der Waals surface area contributed by atoms with Crippen LogP contribution in [0.25, 0.3) is 0 Å². The Labute approximate surface area is 187 Å². The van der Waals surface area contributed by atoms with E-state index in [0.29, 0.717) is 31.2 Å². The van der Waals surface area contributed by atoms with Gasteiger partial charge in [0.15, 0.2) is 0 Å². The lowest BCUT2D eigenvalue weighted by Crippen LogP contribution is -2.56. The van der Waals surface area contributed by atoms with Gasteiger partial charge in [-0.25, -0.2) is 14.8 Å². The van der Waals surface area contributed by atoms with Gasteiger partial charge in [-0.05, 0) is 26.3 Å². The highest BCUT2D eigenvalue weighted by Gasteiger charge is 2.33. The van der Waals surface area contributed by atoms with E-state index in [-0.39, 0.29) is 42.3 Å². The number of esters is 1. The molecule has 0 saturated carbocycles. The van der Waals surface area contributed by atoms with E-state index in [4.69, 9.17) is 9.47 Å². The topological polar surface area (TPSA) is 102 Å². The van der Waals surface area contributed by atoms with Crippen LogP contribution in [0, 0.1) is 13.8 Å². The average Bonchev–Trinajstić information content (AvgIpc) is 2.77. The second-order valence-electron chi connectivity index (χ2n) is 7.76. The Bertz CT molecular complexity index is 995. The van der Waals surface area contributed by atoms with Crippen molar-refractivity contribution in [2.75, 3.05) is 33.4 Å². The number of carbonyl (C=O) groups excluding carboxylic acids is 3. The average molecular weight is 441 g/mol. The second kappa shape index (κ2) is 10.3. The molecule has 0 radical (unpaired) electrons. The van der Waals surface area contributed by atoms with Crippen LogP contribution in [-0.4, -0.2) is 76.9 Å². The van der Waals surface area contributed by atoms with E-state index in [2.05, 4.69) is 9.97 Å². The van der Waals surface area contributed by atoms with Gasteiger partial charge in [0, 0.05) is 32.8 Å². The summed E-state index contributed by atoms with van der Waals surface area (Å²) in [6, 6.07) is 9.11. The molecule has 32 heavy (non-hydrogen) atoms. The summed E-state index contributed by atoms with van der Waals surface area (Å²) >= 11 is 0. The van der Waals surface area contributed by atoms with E-state index in [9.17, 15) is 14.4 Å². The quantitative estimate of drug-likeness (QED) is 0.631. The van der Waals surface area contributed by atoms with Gasteiger partial charge in [0.1, 0.15) is 30.3 Å². The summed E-state index contributed by atoms with van der Waals surface area (Å²) in [6.07, 6.45) is 0. The molecule has 0 bridgehead atoms. The molecular formula is C23H28N4O5. The molecule has 1 aromatic heterocycles. The van der Waals surface area contributed by atoms with Gasteiger partial charge < -0.3 is 19.3 Å². The number of benzene rings is 1. The number of nitrogens with zero attached hydrogens (tertiary/aromatic N) is 4. The molecule has 170 valence electrons. The maximum Gasteiger partial charge on any atom is 0.342 e. The molecule has 9 heteroatoms. The van der Waals surface area contributed by atoms with Crippen molar-refractivity contribution < 1.29 is 23.9 Å². The molecule has 1 aromatic carbocycles. The number of rotatable bonds is 6. The van der Waals surface area contributed by atoms with Crippen molar-refractivity contribution in [3.8, 4) is 0 Å². The zero-order valence-electron chi connectivity index (χ0n) is 18.8. The van der Waals surface area contributed by atoms with Gasteiger partial charge in [-0.2, -0.15) is 0 Å². The standard InChI is InChI=1S/C23H28N4O5/c1-15-12-26(10-11-27(15)19(28)14-31-4)22(29)21-20(16(2)24-17(3)25-21)23(30)32-13-18-8-6-5-7-9-18/h5-9,15H,10-14H2,1-4H3. The van der Waals surface area contributed by atoms with Gasteiger partial charge in [0.05, 0.1) is 5.69 Å². The highest BCUT2D eigenvalue weighted by Crippen LogP contribution is 2.19. The van der Waals surface area contributed by atoms with Crippen LogP contribution in [0.15, 0.2) is 30.3 Å². The number of hydrogen-bond acceptors (Lipinski definition) is 7. The van der Waals surface area contributed by atoms with Gasteiger partial charge in [0.25, 0.3) is 5.91 Å². The fraction of sp³-hybridized carbons (Fsp3) is 0.435. The van der Waals surface area contributed by atoms with Crippen LogP contribution in [0.5, 0.6) is 0 Å². The fourth-order valence-electron chi connectivity index (χ4n) is 3.78. The third-order valence-corrected chi connectivity index (χ3v) is 5.32. The number of ether oxygens (including phenoxy) is 2. The molecule has 1 aliphatic heterocycles. The Kier molecular flexibility index (Phi) is 7.53. The van der Waals surface area contributed by atoms with E-state index < -0.39 is 5.97 Å². The lowest BCUT2D eigenvalue weighted by Gasteiger charge is -2.39. The van der Waals surface area contributed by atoms with E-state index >= 15 is 0 Å². The Morgan fingerprint density at radius 1 is 1.09 bits per heavy atom. The van der Waals surface area contributed by atoms with Gasteiger partial charge >= 0.3 is 5.97 Å². The molecule has 1 unspecified atom stereocenters. The number of amides is 2. The smallest absolute Gasteiger partial charge is 0.342 e. The summed E-state index contributed by atoms with van der Waals surface area (Å²) in [5, 5.41) is 0. The van der Waals surface area contributed by atoms with E-state index in [1.54, 1.807) is 23.6 Å². The summed E-state index contributed by atoms with van der Waals surface area (Å²) in [7, 11) is 1.47. The first kappa shape index (κ1) is 23.3. The Hall–Kier alpha value is -3.33.